The molecule has 22 heavy (non-hydrogen) atoms. The van der Waals surface area contributed by atoms with Gasteiger partial charge in [0.1, 0.15) is 5.82 Å². The van der Waals surface area contributed by atoms with Gasteiger partial charge in [0.25, 0.3) is 0 Å². The Hall–Kier alpha value is -2.44. The van der Waals surface area contributed by atoms with Crippen LogP contribution in [0, 0.1) is 0 Å². The average molecular weight is 315 g/mol. The summed E-state index contributed by atoms with van der Waals surface area (Å²) in [6.07, 6.45) is 1.59. The largest absolute Gasteiger partial charge is 0.323 e. The zero-order chi connectivity index (χ0) is 15.4. The maximum absolute atomic E-state index is 5.76. The van der Waals surface area contributed by atoms with E-state index in [4.69, 9.17) is 11.6 Å². The zero-order valence-corrected chi connectivity index (χ0v) is 12.7. The second kappa shape index (κ2) is 6.55. The fourth-order valence-electron chi connectivity index (χ4n) is 2.08. The zero-order valence-electron chi connectivity index (χ0n) is 12.0. The van der Waals surface area contributed by atoms with Gasteiger partial charge in [0.2, 0.25) is 5.28 Å². The van der Waals surface area contributed by atoms with Crippen LogP contribution >= 0.6 is 11.6 Å². The Kier molecular flexibility index (Phi) is 4.32. The predicted octanol–water partition coefficient (Wildman–Crippen LogP) is 2.98. The highest BCUT2D eigenvalue weighted by molar-refractivity contribution is 6.28. The van der Waals surface area contributed by atoms with E-state index in [2.05, 4.69) is 55.1 Å². The van der Waals surface area contributed by atoms with Crippen LogP contribution in [0.1, 0.15) is 5.56 Å². The van der Waals surface area contributed by atoms with Gasteiger partial charge in [0, 0.05) is 18.8 Å². The second-order valence-electron chi connectivity index (χ2n) is 4.73. The van der Waals surface area contributed by atoms with Crippen molar-refractivity contribution < 1.29 is 0 Å². The summed E-state index contributed by atoms with van der Waals surface area (Å²) in [7, 11) is 1.93. The van der Waals surface area contributed by atoms with E-state index in [-0.39, 0.29) is 5.28 Å². The van der Waals surface area contributed by atoms with Crippen LogP contribution in [0.15, 0.2) is 42.6 Å². The Balaban J connectivity index is 1.75. The van der Waals surface area contributed by atoms with Crippen molar-refractivity contribution in [2.75, 3.05) is 12.4 Å². The summed E-state index contributed by atoms with van der Waals surface area (Å²) in [4.78, 5) is 7.90. The third-order valence-corrected chi connectivity index (χ3v) is 3.29. The van der Waals surface area contributed by atoms with Crippen LogP contribution < -0.4 is 10.6 Å². The number of anilines is 2. The van der Waals surface area contributed by atoms with Gasteiger partial charge in [-0.15, -0.1) is 0 Å². The first kappa shape index (κ1) is 14.5. The Morgan fingerprint density at radius 2 is 1.95 bits per heavy atom. The fourth-order valence-corrected chi connectivity index (χ4v) is 2.22. The standard InChI is InChI=1S/C15H15ClN6/c1-17-9-10-2-4-11(5-3-10)12-8-14(22-21-12)19-13-6-7-18-15(16)20-13/h2-8,17H,9H2,1H3,(H2,18,19,20,21,22). The highest BCUT2D eigenvalue weighted by Crippen LogP contribution is 2.22. The minimum atomic E-state index is 0.195. The summed E-state index contributed by atoms with van der Waals surface area (Å²) < 4.78 is 0. The predicted molar refractivity (Wildman–Crippen MR) is 87.1 cm³/mol. The van der Waals surface area contributed by atoms with E-state index in [1.165, 1.54) is 5.56 Å². The number of rotatable bonds is 5. The van der Waals surface area contributed by atoms with Crippen molar-refractivity contribution in [1.82, 2.24) is 25.5 Å². The number of nitrogens with one attached hydrogen (secondary N) is 3. The van der Waals surface area contributed by atoms with E-state index >= 15 is 0 Å². The first-order valence-corrected chi connectivity index (χ1v) is 7.17. The summed E-state index contributed by atoms with van der Waals surface area (Å²) in [5.74, 6) is 1.27. The third-order valence-electron chi connectivity index (χ3n) is 3.11. The lowest BCUT2D eigenvalue weighted by Crippen LogP contribution is -2.04. The molecule has 3 rings (SSSR count). The lowest BCUT2D eigenvalue weighted by molar-refractivity contribution is 0.818. The fraction of sp³-hybridized carbons (Fsp3) is 0.133. The van der Waals surface area contributed by atoms with Gasteiger partial charge in [-0.05, 0) is 35.8 Å². The summed E-state index contributed by atoms with van der Waals surface area (Å²) in [5.41, 5.74) is 3.24. The molecule has 0 unspecified atom stereocenters. The molecule has 7 heteroatoms. The van der Waals surface area contributed by atoms with E-state index in [1.54, 1.807) is 12.3 Å². The molecule has 3 aromatic rings. The number of hydrogen-bond donors (Lipinski definition) is 3. The van der Waals surface area contributed by atoms with Crippen molar-refractivity contribution in [2.24, 2.45) is 0 Å². The monoisotopic (exact) mass is 314 g/mol. The maximum Gasteiger partial charge on any atom is 0.224 e. The molecule has 0 spiro atoms. The quantitative estimate of drug-likeness (QED) is 0.631. The molecule has 2 heterocycles. The molecule has 0 saturated carbocycles. The molecule has 3 N–H and O–H groups in total. The van der Waals surface area contributed by atoms with Crippen LogP contribution in [-0.4, -0.2) is 27.2 Å². The van der Waals surface area contributed by atoms with Crippen LogP contribution in [0.4, 0.5) is 11.6 Å². The number of H-pyrrole nitrogens is 1. The topological polar surface area (TPSA) is 78.5 Å². The Bertz CT molecular complexity index is 753. The lowest BCUT2D eigenvalue weighted by Gasteiger charge is -2.02. The number of aromatic amines is 1. The van der Waals surface area contributed by atoms with Crippen LogP contribution in [-0.2, 0) is 6.54 Å². The van der Waals surface area contributed by atoms with Gasteiger partial charge in [0.05, 0.1) is 5.69 Å². The molecule has 0 saturated heterocycles. The number of nitrogens with zero attached hydrogens (tertiary/aromatic N) is 3. The van der Waals surface area contributed by atoms with Crippen molar-refractivity contribution in [3.63, 3.8) is 0 Å². The van der Waals surface area contributed by atoms with Gasteiger partial charge < -0.3 is 10.6 Å². The molecule has 0 fully saturated rings. The number of halogens is 1. The highest BCUT2D eigenvalue weighted by Gasteiger charge is 2.05. The number of aromatic nitrogens is 4. The molecule has 0 radical (unpaired) electrons. The molecule has 0 atom stereocenters. The molecule has 0 amide bonds. The van der Waals surface area contributed by atoms with Gasteiger partial charge in [-0.3, -0.25) is 5.10 Å². The molecule has 2 aromatic heterocycles. The molecular formula is C15H15ClN6. The van der Waals surface area contributed by atoms with E-state index in [0.717, 1.165) is 17.8 Å². The normalized spacial score (nSPS) is 10.6. The van der Waals surface area contributed by atoms with Gasteiger partial charge in [-0.1, -0.05) is 24.3 Å². The van der Waals surface area contributed by atoms with Crippen LogP contribution in [0.2, 0.25) is 5.28 Å². The van der Waals surface area contributed by atoms with Crippen LogP contribution in [0.3, 0.4) is 0 Å². The third kappa shape index (κ3) is 3.41. The Morgan fingerprint density at radius 1 is 1.14 bits per heavy atom. The van der Waals surface area contributed by atoms with Crippen molar-refractivity contribution in [1.29, 1.82) is 0 Å². The van der Waals surface area contributed by atoms with Gasteiger partial charge in [-0.2, -0.15) is 5.10 Å². The Labute approximate surface area is 133 Å². The highest BCUT2D eigenvalue weighted by atomic mass is 35.5. The summed E-state index contributed by atoms with van der Waals surface area (Å²) in [5, 5.41) is 13.6. The summed E-state index contributed by atoms with van der Waals surface area (Å²) >= 11 is 5.76. The van der Waals surface area contributed by atoms with Crippen molar-refractivity contribution in [3.8, 4) is 11.3 Å². The van der Waals surface area contributed by atoms with E-state index in [0.29, 0.717) is 11.6 Å². The SMILES string of the molecule is CNCc1ccc(-c2cc(Nc3ccnc(Cl)n3)n[nH]2)cc1. The first-order chi connectivity index (χ1) is 10.7. The minimum absolute atomic E-state index is 0.195. The number of hydrogen-bond acceptors (Lipinski definition) is 5. The summed E-state index contributed by atoms with van der Waals surface area (Å²) in [6, 6.07) is 11.9. The van der Waals surface area contributed by atoms with Crippen LogP contribution in [0.5, 0.6) is 0 Å². The van der Waals surface area contributed by atoms with E-state index < -0.39 is 0 Å². The lowest BCUT2D eigenvalue weighted by atomic mass is 10.1. The number of benzene rings is 1. The molecule has 0 aliphatic carbocycles. The first-order valence-electron chi connectivity index (χ1n) is 6.79. The molecule has 0 aliphatic heterocycles. The van der Waals surface area contributed by atoms with Crippen molar-refractivity contribution in [3.05, 3.63) is 53.4 Å². The maximum atomic E-state index is 5.76. The van der Waals surface area contributed by atoms with Gasteiger partial charge >= 0.3 is 0 Å². The molecule has 6 nitrogen and oxygen atoms in total. The minimum Gasteiger partial charge on any atom is -0.323 e. The molecule has 0 bridgehead atoms. The van der Waals surface area contributed by atoms with E-state index in [9.17, 15) is 0 Å². The van der Waals surface area contributed by atoms with E-state index in [1.807, 2.05) is 13.1 Å². The average Bonchev–Trinajstić information content (AvgIpc) is 2.97. The van der Waals surface area contributed by atoms with Gasteiger partial charge in [0.15, 0.2) is 5.82 Å². The molecule has 112 valence electrons. The Morgan fingerprint density at radius 3 is 2.68 bits per heavy atom. The van der Waals surface area contributed by atoms with Gasteiger partial charge in [-0.25, -0.2) is 9.97 Å². The molecule has 1 aromatic carbocycles. The molecular weight excluding hydrogens is 300 g/mol. The summed E-state index contributed by atoms with van der Waals surface area (Å²) in [6.45, 7) is 0.852. The smallest absolute Gasteiger partial charge is 0.224 e. The second-order valence-corrected chi connectivity index (χ2v) is 5.07. The molecule has 0 aliphatic rings. The van der Waals surface area contributed by atoms with Crippen molar-refractivity contribution in [2.45, 2.75) is 6.54 Å². The van der Waals surface area contributed by atoms with Crippen molar-refractivity contribution >= 4 is 23.2 Å². The van der Waals surface area contributed by atoms with Crippen LogP contribution in [0.25, 0.3) is 11.3 Å².